The summed E-state index contributed by atoms with van der Waals surface area (Å²) >= 11 is 6.44. The zero-order chi connectivity index (χ0) is 89.3. The fourth-order valence-electron chi connectivity index (χ4n) is 9.71. The second kappa shape index (κ2) is 60.2. The summed E-state index contributed by atoms with van der Waals surface area (Å²) in [5.74, 6) is -2.02. The Morgan fingerprint density at radius 3 is 1.37 bits per heavy atom. The molecule has 0 radical (unpaired) electrons. The van der Waals surface area contributed by atoms with Crippen molar-refractivity contribution in [3.05, 3.63) is 219 Å². The topological polar surface area (TPSA) is 326 Å². The Morgan fingerprint density at radius 2 is 1.03 bits per heavy atom. The number of nitrogens with two attached hydrogens (primary N) is 2. The molecule has 3 heterocycles. The predicted molar refractivity (Wildman–Crippen MR) is 485 cm³/mol. The van der Waals surface area contributed by atoms with Crippen LogP contribution in [0.15, 0.2) is 179 Å². The van der Waals surface area contributed by atoms with E-state index >= 15 is 0 Å². The standard InChI is InChI=1S/C19H32N2O3Si.C14H24N2OSi.C12H20Si.C10H5FN2.C9H5BrFN.C8H15NO4.C6H5BrFN.C4H8O.C3H8O3.CH3F.Al.Li.4H/c1-15(20-18(23)24-19(2,3)4)17(22)21(14-25(5,6)7)13-16-11-9-8-10-12-16;1-12(15)14(17)16(11-18(2,3)4)10-13-8-6-5-7-9-13;1-13(2,3)11-7-10-12-8-5-4-6-9-12;11-9-4-3-7(6-12)10-8(9)2-1-5-13-10;10-7-3-4-8(11)6-2-1-5-12-9(6)7;1-5(6(10)11)9-7(12)13-8(2,3)4;7-5-2-1-4(8)3-6(5)9;1-2-4-5-3-1;4-1-3(6)2-5;1-2;;;;;;/h8-12,15H,13-14H2,1-7H3,(H,20,23);5-9,12H,10-11,15H2,1-4H3;4-6,8-9H,7,10-11H2,1-3H3;1-5H;1-5H;5H,1-4H3,(H,9,12)(H,10,11);1-3H,9H2;1-4H2;3-6H,1-2H2;1H3;;;;;;/q;;;;;;;;;;;+1;;;;-1/t15-;12-;;;;5-;;;;;;;;;;/m11...1........../s1/i;;;;;;;;;1D;;;;;;. The van der Waals surface area contributed by atoms with E-state index in [-0.39, 0.29) is 80.1 Å². The fourth-order valence-corrected chi connectivity index (χ4v) is 14.5. The number of hydrogen-bond donors (Lipinski definition) is 8. The minimum Gasteiger partial charge on any atom is -1.00 e. The number of hydrogen-bond acceptors (Lipinski definition) is 16. The predicted octanol–water partition coefficient (Wildman–Crippen LogP) is 14.2. The van der Waals surface area contributed by atoms with Crippen LogP contribution in [0.25, 0.3) is 21.8 Å². The number of carbonyl (C=O) groups is 5. The van der Waals surface area contributed by atoms with Crippen LogP contribution in [0.3, 0.4) is 0 Å². The molecule has 32 heteroatoms. The van der Waals surface area contributed by atoms with Crippen LogP contribution in [-0.2, 0) is 48.1 Å². The third-order valence-electron chi connectivity index (χ3n) is 14.9. The molecule has 0 bridgehead atoms. The zero-order valence-electron chi connectivity index (χ0n) is 73.6. The second-order valence-electron chi connectivity index (χ2n) is 32.3. The number of amides is 4. The summed E-state index contributed by atoms with van der Waals surface area (Å²) in [5.41, 5.74) is 15.5. The van der Waals surface area contributed by atoms with Crippen LogP contribution in [0.5, 0.6) is 0 Å². The summed E-state index contributed by atoms with van der Waals surface area (Å²) in [5, 5.41) is 47.0. The van der Waals surface area contributed by atoms with E-state index in [4.69, 9.17) is 52.7 Å². The summed E-state index contributed by atoms with van der Waals surface area (Å²) in [6, 6.07) is 48.9. The van der Waals surface area contributed by atoms with E-state index in [1.807, 2.05) is 76.5 Å². The van der Waals surface area contributed by atoms with E-state index in [0.717, 1.165) is 45.6 Å². The average molecular weight is 1840 g/mol. The summed E-state index contributed by atoms with van der Waals surface area (Å²) < 4.78 is 70.6. The van der Waals surface area contributed by atoms with Gasteiger partial charge in [0.1, 0.15) is 52.9 Å². The molecule has 648 valence electrons. The van der Waals surface area contributed by atoms with Crippen LogP contribution < -0.4 is 41.0 Å². The Balaban J connectivity index is -0.000000644. The number of aryl methyl sites for hydroxylation is 1. The molecule has 1 saturated heterocycles. The molecule has 6 aromatic carbocycles. The first-order chi connectivity index (χ1) is 54.5. The van der Waals surface area contributed by atoms with Crippen molar-refractivity contribution in [1.29, 1.82) is 5.26 Å². The molecule has 8 aromatic rings. The van der Waals surface area contributed by atoms with Gasteiger partial charge >= 0.3 is 37.0 Å². The molecular formula is C86H129AlBr2F4LiN9O12Si3. The number of nitrogens with zero attached hydrogens (tertiary/aromatic N) is 5. The number of aliphatic hydroxyl groups is 3. The van der Waals surface area contributed by atoms with Gasteiger partial charge in [-0.05, 0) is 197 Å². The molecule has 1 aliphatic heterocycles. The monoisotopic (exact) mass is 1830 g/mol. The zero-order valence-corrected chi connectivity index (χ0v) is 77.8. The number of nitrogens with one attached hydrogen (secondary N) is 2. The van der Waals surface area contributed by atoms with Crippen LogP contribution in [0.2, 0.25) is 65.0 Å². The van der Waals surface area contributed by atoms with Gasteiger partial charge in [-0.1, -0.05) is 162 Å². The van der Waals surface area contributed by atoms with E-state index < -0.39 is 85.0 Å². The number of pyridine rings is 2. The number of alkyl halides is 1. The number of aromatic nitrogens is 2. The van der Waals surface area contributed by atoms with Gasteiger partial charge in [-0.25, -0.2) is 22.8 Å². The molecule has 118 heavy (non-hydrogen) atoms. The number of carboxylic acids is 1. The van der Waals surface area contributed by atoms with Gasteiger partial charge in [-0.15, -0.1) is 0 Å². The van der Waals surface area contributed by atoms with Crippen molar-refractivity contribution < 1.29 is 97.8 Å². The summed E-state index contributed by atoms with van der Waals surface area (Å²) in [4.78, 5) is 70.1. The van der Waals surface area contributed by atoms with Crippen molar-refractivity contribution in [3.63, 3.8) is 0 Å². The van der Waals surface area contributed by atoms with Gasteiger partial charge < -0.3 is 68.0 Å². The van der Waals surface area contributed by atoms with E-state index in [2.05, 4.69) is 142 Å². The Kier molecular flexibility index (Phi) is 57.5. The molecule has 9 rings (SSSR count). The number of anilines is 1. The first kappa shape index (κ1) is 113. The van der Waals surface area contributed by atoms with Gasteiger partial charge in [0, 0.05) is 84.5 Å². The SMILES string of the molecule is C1CCOC1.C[C@@H](N)C(=O)N(Cc1ccccc1)C[Si](C)(C)C.C[C@@H](NC(=O)OC(C)(C)C)C(=O)N(Cc1ccccc1)C[Si](C)(C)C.C[C@@H](NC(=O)OC(C)(C)C)C(=O)O.C[Si](C)(C)CCCc1ccccc1.Fc1ccc(Br)c2ncccc12.N#Cc1ccc(F)c2cccnc12.Nc1cc(F)ccc1Br.OCC(O)CO.[2H]CF.[AlH3].[H-].[Li+]. The summed E-state index contributed by atoms with van der Waals surface area (Å²) in [7, 11) is -4.64. The molecular weight excluding hydrogens is 1700 g/mol. The van der Waals surface area contributed by atoms with E-state index in [1.165, 1.54) is 74.5 Å². The van der Waals surface area contributed by atoms with Gasteiger partial charge in [-0.3, -0.25) is 28.7 Å². The number of aliphatic hydroxyl groups excluding tert-OH is 3. The van der Waals surface area contributed by atoms with E-state index in [1.54, 1.807) is 104 Å². The number of alkyl carbamates (subject to hydrolysis) is 2. The third-order valence-corrected chi connectivity index (χ3v) is 20.8. The summed E-state index contributed by atoms with van der Waals surface area (Å²) in [6.45, 7) is 38.6. The van der Waals surface area contributed by atoms with Crippen molar-refractivity contribution in [2.24, 2.45) is 5.73 Å². The Bertz CT molecular complexity index is 4190. The maximum atomic E-state index is 13.2. The average Bonchev–Trinajstić information content (AvgIpc) is 0.830. The number of ether oxygens (including phenoxy) is 3. The Labute approximate surface area is 742 Å². The Morgan fingerprint density at radius 1 is 0.627 bits per heavy atom. The second-order valence-corrected chi connectivity index (χ2v) is 50.5. The molecule has 1 aliphatic rings. The number of halogens is 6. The van der Waals surface area contributed by atoms with Crippen molar-refractivity contribution in [1.82, 2.24) is 30.4 Å². The van der Waals surface area contributed by atoms with Crippen molar-refractivity contribution in [2.75, 3.05) is 51.7 Å². The number of aliphatic carboxylic acids is 1. The quantitative estimate of drug-likeness (QED) is 0.0212. The number of rotatable bonds is 19. The van der Waals surface area contributed by atoms with Gasteiger partial charge in [0.15, 0.2) is 17.4 Å². The molecule has 0 unspecified atom stereocenters. The molecule has 4 amide bonds. The normalized spacial score (nSPS) is 12.1. The maximum Gasteiger partial charge on any atom is 1.00 e. The number of nitrogen functional groups attached to an aromatic ring is 1. The van der Waals surface area contributed by atoms with Crippen LogP contribution in [-0.4, -0.2) is 193 Å². The van der Waals surface area contributed by atoms with Gasteiger partial charge in [0.2, 0.25) is 11.8 Å². The molecule has 2 aromatic heterocycles. The van der Waals surface area contributed by atoms with Crippen LogP contribution >= 0.6 is 31.9 Å². The Hall–Kier alpha value is -7.36. The smallest absolute Gasteiger partial charge is 1.00 e. The first-order valence-corrected chi connectivity index (χ1v) is 50.5. The maximum absolute atomic E-state index is 13.2. The van der Waals surface area contributed by atoms with Gasteiger partial charge in [0.05, 0.1) is 60.5 Å². The van der Waals surface area contributed by atoms with Gasteiger partial charge in [0.25, 0.3) is 0 Å². The molecule has 1 fully saturated rings. The van der Waals surface area contributed by atoms with Crippen LogP contribution in [0.4, 0.5) is 32.8 Å². The largest absolute Gasteiger partial charge is 1.00 e. The molecule has 21 nitrogen and oxygen atoms in total. The number of benzene rings is 6. The molecule has 0 aliphatic carbocycles. The number of carbonyl (C=O) groups excluding carboxylic acids is 4. The molecule has 0 saturated carbocycles. The van der Waals surface area contributed by atoms with E-state index in [0.29, 0.717) is 46.1 Å². The minimum absolute atomic E-state index is 0. The molecule has 10 N–H and O–H groups in total. The van der Waals surface area contributed by atoms with Crippen LogP contribution in [0, 0.1) is 28.8 Å². The fraction of sp³-hybridized carbons (Fsp3) is 0.442. The first-order valence-electron chi connectivity index (χ1n) is 38.5. The van der Waals surface area contributed by atoms with Crippen molar-refractivity contribution in [3.8, 4) is 6.07 Å². The van der Waals surface area contributed by atoms with Crippen molar-refractivity contribution >= 4 is 131 Å². The number of carboxylic acid groups (broad SMARTS) is 1. The van der Waals surface area contributed by atoms with Crippen molar-refractivity contribution in [2.45, 2.75) is 201 Å². The third kappa shape index (κ3) is 54.7. The van der Waals surface area contributed by atoms with Gasteiger partial charge in [-0.2, -0.15) is 5.26 Å². The molecule has 0 spiro atoms. The molecule has 3 atom stereocenters. The van der Waals surface area contributed by atoms with E-state index in [9.17, 15) is 41.5 Å². The van der Waals surface area contributed by atoms with Crippen LogP contribution in [0.1, 0.15) is 107 Å². The number of nitriles is 1. The summed E-state index contributed by atoms with van der Waals surface area (Å²) in [6.07, 6.45) is 7.71. The minimum atomic E-state index is -1.50. The number of fused-ring (bicyclic) bond motifs is 2.